The van der Waals surface area contributed by atoms with Gasteiger partial charge in [-0.2, -0.15) is 0 Å². The Balaban J connectivity index is 1.31. The van der Waals surface area contributed by atoms with Gasteiger partial charge in [0.1, 0.15) is 23.7 Å². The van der Waals surface area contributed by atoms with E-state index in [1.807, 2.05) is 0 Å². The molecule has 2 fully saturated rings. The lowest BCUT2D eigenvalue weighted by Gasteiger charge is -2.19. The number of hydrogen-bond donors (Lipinski definition) is 4. The van der Waals surface area contributed by atoms with E-state index in [9.17, 15) is 22.0 Å². The number of primary sulfonamides is 1. The van der Waals surface area contributed by atoms with Crippen LogP contribution < -0.4 is 30.6 Å². The lowest BCUT2D eigenvalue weighted by molar-refractivity contribution is 0.102. The zero-order chi connectivity index (χ0) is 31.6. The molecular weight excluding hydrogens is 602 g/mol. The molecule has 0 saturated carbocycles. The Morgan fingerprint density at radius 1 is 0.756 bits per heavy atom. The number of carbonyl (C=O) groups excluding carboxylic acids is 1. The van der Waals surface area contributed by atoms with Gasteiger partial charge in [-0.15, -0.1) is 0 Å². The van der Waals surface area contributed by atoms with Crippen LogP contribution in [0.2, 0.25) is 0 Å². The standard InChI is InChI=1S/C33H32F2N4O5S/c34-29-8-3-21(16-30(29)35)27-15-22(4-9-31(27)43-24-11-13-37-18-24)33(40)39-23-5-10-32(44-25-12-14-38-19-25)28(17-23)20-1-6-26(7-2-20)45(36,41)42/h1-10,15-17,24-25,37-38H,11-14,18-19H2,(H,39,40)(H2,36,41,42)/t24-,25?/m0/s1. The molecule has 1 amide bonds. The molecular formula is C33H32F2N4O5S. The van der Waals surface area contributed by atoms with E-state index in [-0.39, 0.29) is 22.7 Å². The summed E-state index contributed by atoms with van der Waals surface area (Å²) >= 11 is 0. The molecule has 0 aromatic heterocycles. The molecule has 2 atom stereocenters. The third kappa shape index (κ3) is 7.15. The number of sulfonamides is 1. The fourth-order valence-electron chi connectivity index (χ4n) is 5.44. The summed E-state index contributed by atoms with van der Waals surface area (Å²) in [7, 11) is -3.87. The molecule has 0 spiro atoms. The van der Waals surface area contributed by atoms with Gasteiger partial charge in [0.05, 0.1) is 4.90 Å². The molecule has 12 heteroatoms. The zero-order valence-electron chi connectivity index (χ0n) is 24.2. The summed E-state index contributed by atoms with van der Waals surface area (Å²) in [5.74, 6) is -1.37. The fourth-order valence-corrected chi connectivity index (χ4v) is 5.96. The second-order valence-electron chi connectivity index (χ2n) is 11.0. The first-order chi connectivity index (χ1) is 21.6. The van der Waals surface area contributed by atoms with E-state index in [1.165, 1.54) is 18.2 Å². The molecule has 4 aromatic rings. The predicted octanol–water partition coefficient (Wildman–Crippen LogP) is 4.68. The summed E-state index contributed by atoms with van der Waals surface area (Å²) < 4.78 is 64.0. The third-order valence-electron chi connectivity index (χ3n) is 7.82. The maximum absolute atomic E-state index is 14.2. The average Bonchev–Trinajstić information content (AvgIpc) is 3.74. The van der Waals surface area contributed by atoms with Gasteiger partial charge < -0.3 is 25.4 Å². The number of anilines is 1. The number of carbonyl (C=O) groups is 1. The number of benzene rings is 4. The average molecular weight is 635 g/mol. The molecule has 1 unspecified atom stereocenters. The van der Waals surface area contributed by atoms with E-state index < -0.39 is 27.6 Å². The Morgan fingerprint density at radius 3 is 1.93 bits per heavy atom. The van der Waals surface area contributed by atoms with Crippen molar-refractivity contribution in [3.05, 3.63) is 96.1 Å². The van der Waals surface area contributed by atoms with Gasteiger partial charge in [0.25, 0.3) is 5.91 Å². The van der Waals surface area contributed by atoms with Crippen LogP contribution in [0, 0.1) is 11.6 Å². The fraction of sp³-hybridized carbons (Fsp3) is 0.242. The van der Waals surface area contributed by atoms with Crippen molar-refractivity contribution in [1.82, 2.24) is 10.6 Å². The maximum atomic E-state index is 14.2. The van der Waals surface area contributed by atoms with Crippen molar-refractivity contribution in [2.75, 3.05) is 31.5 Å². The quantitative estimate of drug-likeness (QED) is 0.210. The topological polar surface area (TPSA) is 132 Å². The van der Waals surface area contributed by atoms with Gasteiger partial charge in [-0.25, -0.2) is 22.3 Å². The molecule has 2 heterocycles. The van der Waals surface area contributed by atoms with Crippen LogP contribution in [0.3, 0.4) is 0 Å². The van der Waals surface area contributed by atoms with Gasteiger partial charge >= 0.3 is 0 Å². The second-order valence-corrected chi connectivity index (χ2v) is 12.6. The van der Waals surface area contributed by atoms with Gasteiger partial charge in [0.15, 0.2) is 11.6 Å². The molecule has 2 aliphatic rings. The SMILES string of the molecule is NS(=O)(=O)c1ccc(-c2cc(NC(=O)c3ccc(O[C@H]4CCNC4)c(-c4ccc(F)c(F)c4)c3)ccc2OC2CCNC2)cc1. The Morgan fingerprint density at radius 2 is 1.36 bits per heavy atom. The summed E-state index contributed by atoms with van der Waals surface area (Å²) in [6.07, 6.45) is 1.50. The van der Waals surface area contributed by atoms with Crippen LogP contribution in [0.5, 0.6) is 11.5 Å². The van der Waals surface area contributed by atoms with Crippen molar-refractivity contribution in [1.29, 1.82) is 0 Å². The smallest absolute Gasteiger partial charge is 0.255 e. The number of amides is 1. The van der Waals surface area contributed by atoms with E-state index in [1.54, 1.807) is 48.5 Å². The Kier molecular flexibility index (Phi) is 8.81. The van der Waals surface area contributed by atoms with E-state index >= 15 is 0 Å². The molecule has 0 aliphatic carbocycles. The zero-order valence-corrected chi connectivity index (χ0v) is 25.0. The van der Waals surface area contributed by atoms with Crippen LogP contribution in [-0.2, 0) is 10.0 Å². The molecule has 2 aliphatic heterocycles. The van der Waals surface area contributed by atoms with E-state index in [0.29, 0.717) is 52.5 Å². The van der Waals surface area contributed by atoms with Gasteiger partial charge in [-0.05, 0) is 97.7 Å². The lowest BCUT2D eigenvalue weighted by atomic mass is 10.0. The van der Waals surface area contributed by atoms with Crippen molar-refractivity contribution < 1.29 is 31.5 Å². The number of hydrogen-bond acceptors (Lipinski definition) is 7. The first-order valence-electron chi connectivity index (χ1n) is 14.6. The summed E-state index contributed by atoms with van der Waals surface area (Å²) in [6.45, 7) is 3.00. The highest BCUT2D eigenvalue weighted by molar-refractivity contribution is 7.89. The third-order valence-corrected chi connectivity index (χ3v) is 8.75. The number of nitrogens with two attached hydrogens (primary N) is 1. The molecule has 5 N–H and O–H groups in total. The number of ether oxygens (including phenoxy) is 2. The van der Waals surface area contributed by atoms with Gasteiger partial charge in [0.2, 0.25) is 10.0 Å². The summed E-state index contributed by atoms with van der Waals surface area (Å²) in [5.41, 5.74) is 2.90. The highest BCUT2D eigenvalue weighted by Crippen LogP contribution is 2.36. The molecule has 4 aromatic carbocycles. The van der Waals surface area contributed by atoms with Crippen molar-refractivity contribution >= 4 is 21.6 Å². The Hall–Kier alpha value is -4.36. The molecule has 234 valence electrons. The first kappa shape index (κ1) is 30.7. The number of nitrogens with one attached hydrogen (secondary N) is 3. The summed E-state index contributed by atoms with van der Waals surface area (Å²) in [5, 5.41) is 14.7. The number of rotatable bonds is 9. The molecule has 0 bridgehead atoms. The van der Waals surface area contributed by atoms with Crippen molar-refractivity contribution in [2.24, 2.45) is 5.14 Å². The first-order valence-corrected chi connectivity index (χ1v) is 16.1. The Labute approximate surface area is 259 Å². The predicted molar refractivity (Wildman–Crippen MR) is 167 cm³/mol. The molecule has 9 nitrogen and oxygen atoms in total. The lowest BCUT2D eigenvalue weighted by Crippen LogP contribution is -2.20. The van der Waals surface area contributed by atoms with Crippen LogP contribution in [-0.4, -0.2) is 52.7 Å². The van der Waals surface area contributed by atoms with Crippen LogP contribution in [0.4, 0.5) is 14.5 Å². The second kappa shape index (κ2) is 12.9. The van der Waals surface area contributed by atoms with Gasteiger partial charge in [0, 0.05) is 35.5 Å². The minimum atomic E-state index is -3.87. The van der Waals surface area contributed by atoms with E-state index in [2.05, 4.69) is 16.0 Å². The van der Waals surface area contributed by atoms with Crippen molar-refractivity contribution in [2.45, 2.75) is 29.9 Å². The van der Waals surface area contributed by atoms with E-state index in [4.69, 9.17) is 14.6 Å². The molecule has 45 heavy (non-hydrogen) atoms. The highest BCUT2D eigenvalue weighted by Gasteiger charge is 2.22. The van der Waals surface area contributed by atoms with Crippen LogP contribution in [0.25, 0.3) is 22.3 Å². The van der Waals surface area contributed by atoms with E-state index in [0.717, 1.165) is 38.1 Å². The van der Waals surface area contributed by atoms with Crippen molar-refractivity contribution in [3.8, 4) is 33.8 Å². The monoisotopic (exact) mass is 634 g/mol. The Bertz CT molecular complexity index is 1820. The minimum absolute atomic E-state index is 0.0216. The number of halogens is 2. The highest BCUT2D eigenvalue weighted by atomic mass is 32.2. The normalized spacial score (nSPS) is 18.1. The van der Waals surface area contributed by atoms with Gasteiger partial charge in [-0.3, -0.25) is 4.79 Å². The summed E-state index contributed by atoms with van der Waals surface area (Å²) in [4.78, 5) is 13.5. The van der Waals surface area contributed by atoms with Crippen LogP contribution in [0.1, 0.15) is 23.2 Å². The molecule has 2 saturated heterocycles. The van der Waals surface area contributed by atoms with Crippen LogP contribution in [0.15, 0.2) is 83.8 Å². The minimum Gasteiger partial charge on any atom is -0.488 e. The summed E-state index contributed by atoms with van der Waals surface area (Å²) in [6, 6.07) is 19.8. The maximum Gasteiger partial charge on any atom is 0.255 e. The van der Waals surface area contributed by atoms with Gasteiger partial charge in [-0.1, -0.05) is 18.2 Å². The molecule has 0 radical (unpaired) electrons. The van der Waals surface area contributed by atoms with Crippen molar-refractivity contribution in [3.63, 3.8) is 0 Å². The van der Waals surface area contributed by atoms with Crippen LogP contribution >= 0.6 is 0 Å². The molecule has 6 rings (SSSR count). The largest absolute Gasteiger partial charge is 0.488 e.